The highest BCUT2D eigenvalue weighted by atomic mass is 32.1. The molecule has 2 aromatic heterocycles. The van der Waals surface area contributed by atoms with Crippen LogP contribution in [-0.4, -0.2) is 39.5 Å². The van der Waals surface area contributed by atoms with Crippen molar-refractivity contribution < 1.29 is 0 Å². The van der Waals surface area contributed by atoms with Gasteiger partial charge in [0, 0.05) is 48.9 Å². The van der Waals surface area contributed by atoms with Crippen molar-refractivity contribution in [2.24, 2.45) is 0 Å². The summed E-state index contributed by atoms with van der Waals surface area (Å²) in [4.78, 5) is 20.1. The first-order chi connectivity index (χ1) is 10.2. The minimum absolute atomic E-state index is 0.0446. The van der Waals surface area contributed by atoms with E-state index >= 15 is 0 Å². The molecule has 2 aromatic rings. The molecule has 0 spiro atoms. The number of likely N-dealkylation sites (tertiary alicyclic amines) is 1. The van der Waals surface area contributed by atoms with Gasteiger partial charge in [0.15, 0.2) is 4.96 Å². The van der Waals surface area contributed by atoms with Crippen LogP contribution in [0.5, 0.6) is 0 Å². The summed E-state index contributed by atoms with van der Waals surface area (Å²) in [5.74, 6) is 0. The van der Waals surface area contributed by atoms with Crippen LogP contribution in [0.4, 0.5) is 0 Å². The molecule has 0 aliphatic carbocycles. The molecular formula is C15H20N4OS. The molecule has 1 N–H and O–H groups in total. The highest BCUT2D eigenvalue weighted by Gasteiger charge is 2.29. The number of fused-ring (bicyclic) bond motifs is 3. The van der Waals surface area contributed by atoms with Crippen molar-refractivity contribution in [3.8, 4) is 0 Å². The number of hydrogen-bond acceptors (Lipinski definition) is 5. The van der Waals surface area contributed by atoms with Crippen molar-refractivity contribution in [1.29, 1.82) is 0 Å². The molecule has 2 saturated heterocycles. The summed E-state index contributed by atoms with van der Waals surface area (Å²) < 4.78 is 1.69. The molecule has 2 unspecified atom stereocenters. The summed E-state index contributed by atoms with van der Waals surface area (Å²) in [7, 11) is 0. The maximum absolute atomic E-state index is 12.2. The van der Waals surface area contributed by atoms with Gasteiger partial charge in [-0.25, -0.2) is 4.98 Å². The summed E-state index contributed by atoms with van der Waals surface area (Å²) in [6.07, 6.45) is 3.80. The van der Waals surface area contributed by atoms with Gasteiger partial charge in [0.25, 0.3) is 5.56 Å². The third kappa shape index (κ3) is 2.52. The molecule has 6 heteroatoms. The van der Waals surface area contributed by atoms with Gasteiger partial charge in [-0.05, 0) is 26.2 Å². The molecule has 2 aliphatic heterocycles. The molecule has 2 fully saturated rings. The first-order valence-corrected chi connectivity index (χ1v) is 8.52. The number of aromatic nitrogens is 2. The van der Waals surface area contributed by atoms with Crippen LogP contribution < -0.4 is 10.9 Å². The lowest BCUT2D eigenvalue weighted by Crippen LogP contribution is -2.35. The fourth-order valence-electron chi connectivity index (χ4n) is 3.57. The maximum Gasteiger partial charge on any atom is 0.259 e. The van der Waals surface area contributed by atoms with Gasteiger partial charge in [0.05, 0.1) is 5.69 Å². The average Bonchev–Trinajstić information content (AvgIpc) is 2.96. The van der Waals surface area contributed by atoms with E-state index in [1.807, 2.05) is 12.3 Å². The lowest BCUT2D eigenvalue weighted by molar-refractivity contribution is 0.248. The molecular weight excluding hydrogens is 284 g/mol. The zero-order valence-corrected chi connectivity index (χ0v) is 13.0. The Balaban J connectivity index is 1.58. The molecule has 0 aromatic carbocycles. The van der Waals surface area contributed by atoms with E-state index in [0.29, 0.717) is 12.1 Å². The van der Waals surface area contributed by atoms with Gasteiger partial charge >= 0.3 is 0 Å². The first-order valence-electron chi connectivity index (χ1n) is 7.64. The van der Waals surface area contributed by atoms with E-state index in [2.05, 4.69) is 15.2 Å². The monoisotopic (exact) mass is 304 g/mol. The third-order valence-electron chi connectivity index (χ3n) is 4.62. The number of rotatable bonds is 2. The van der Waals surface area contributed by atoms with E-state index in [9.17, 15) is 4.79 Å². The Morgan fingerprint density at radius 1 is 1.38 bits per heavy atom. The Labute approximate surface area is 127 Å². The summed E-state index contributed by atoms with van der Waals surface area (Å²) >= 11 is 1.54. The maximum atomic E-state index is 12.2. The second kappa shape index (κ2) is 5.19. The second-order valence-corrected chi connectivity index (χ2v) is 7.08. The molecule has 21 heavy (non-hydrogen) atoms. The van der Waals surface area contributed by atoms with Crippen molar-refractivity contribution in [2.75, 3.05) is 13.1 Å². The summed E-state index contributed by atoms with van der Waals surface area (Å²) in [6, 6.07) is 3.01. The highest BCUT2D eigenvalue weighted by Crippen LogP contribution is 2.21. The largest absolute Gasteiger partial charge is 0.310 e. The molecule has 2 aliphatic rings. The van der Waals surface area contributed by atoms with Crippen LogP contribution >= 0.6 is 11.3 Å². The molecule has 2 bridgehead atoms. The molecule has 0 amide bonds. The van der Waals surface area contributed by atoms with Crippen LogP contribution in [0.3, 0.4) is 0 Å². The van der Waals surface area contributed by atoms with E-state index < -0.39 is 0 Å². The smallest absolute Gasteiger partial charge is 0.259 e. The van der Waals surface area contributed by atoms with Gasteiger partial charge in [-0.15, -0.1) is 11.3 Å². The van der Waals surface area contributed by atoms with Gasteiger partial charge in [0.1, 0.15) is 0 Å². The second-order valence-electron chi connectivity index (χ2n) is 6.24. The lowest BCUT2D eigenvalue weighted by Gasteiger charge is -2.23. The third-order valence-corrected chi connectivity index (χ3v) is 5.57. The van der Waals surface area contributed by atoms with Crippen molar-refractivity contribution in [2.45, 2.75) is 44.8 Å². The standard InChI is InChI=1S/C15H20N4OS/c1-10-9-21-15-17-13(6-14(20)19(10)15)8-18-5-4-11-2-3-12(7-18)16-11/h6,9,11-12,16H,2-5,7-8H2,1H3. The van der Waals surface area contributed by atoms with E-state index in [1.54, 1.807) is 21.8 Å². The van der Waals surface area contributed by atoms with E-state index in [1.165, 1.54) is 19.3 Å². The topological polar surface area (TPSA) is 49.6 Å². The summed E-state index contributed by atoms with van der Waals surface area (Å²) in [6.45, 7) is 4.90. The van der Waals surface area contributed by atoms with Crippen LogP contribution in [0.15, 0.2) is 16.2 Å². The Bertz CT molecular complexity index is 722. The van der Waals surface area contributed by atoms with Crippen molar-refractivity contribution in [3.05, 3.63) is 33.2 Å². The predicted molar refractivity (Wildman–Crippen MR) is 83.9 cm³/mol. The average molecular weight is 304 g/mol. The van der Waals surface area contributed by atoms with Crippen LogP contribution in [0.25, 0.3) is 4.96 Å². The van der Waals surface area contributed by atoms with Crippen LogP contribution in [0.2, 0.25) is 0 Å². The van der Waals surface area contributed by atoms with E-state index in [4.69, 9.17) is 0 Å². The van der Waals surface area contributed by atoms with Crippen LogP contribution in [-0.2, 0) is 6.54 Å². The fraction of sp³-hybridized carbons (Fsp3) is 0.600. The lowest BCUT2D eigenvalue weighted by atomic mass is 10.1. The minimum Gasteiger partial charge on any atom is -0.310 e. The normalized spacial score (nSPS) is 26.3. The van der Waals surface area contributed by atoms with E-state index in [0.717, 1.165) is 36.0 Å². The van der Waals surface area contributed by atoms with Crippen molar-refractivity contribution in [3.63, 3.8) is 0 Å². The zero-order valence-electron chi connectivity index (χ0n) is 12.2. The minimum atomic E-state index is 0.0446. The molecule has 5 nitrogen and oxygen atoms in total. The SMILES string of the molecule is Cc1csc2nc(CN3CCC4CCC(C3)N4)cc(=O)n12. The molecule has 0 radical (unpaired) electrons. The van der Waals surface area contributed by atoms with Crippen molar-refractivity contribution >= 4 is 16.3 Å². The molecule has 0 saturated carbocycles. The molecule has 4 heterocycles. The van der Waals surface area contributed by atoms with Gasteiger partial charge < -0.3 is 5.32 Å². The quantitative estimate of drug-likeness (QED) is 0.911. The zero-order chi connectivity index (χ0) is 14.4. The Morgan fingerprint density at radius 3 is 3.14 bits per heavy atom. The van der Waals surface area contributed by atoms with Gasteiger partial charge in [0.2, 0.25) is 0 Å². The molecule has 112 valence electrons. The van der Waals surface area contributed by atoms with Gasteiger partial charge in [-0.1, -0.05) is 0 Å². The van der Waals surface area contributed by atoms with Crippen molar-refractivity contribution in [1.82, 2.24) is 19.6 Å². The Hall–Kier alpha value is -1.24. The van der Waals surface area contributed by atoms with E-state index in [-0.39, 0.29) is 5.56 Å². The number of nitrogens with one attached hydrogen (secondary N) is 1. The van der Waals surface area contributed by atoms with Gasteiger partial charge in [-0.2, -0.15) is 0 Å². The Morgan fingerprint density at radius 2 is 2.24 bits per heavy atom. The fourth-order valence-corrected chi connectivity index (χ4v) is 4.46. The predicted octanol–water partition coefficient (Wildman–Crippen LogP) is 1.39. The molecule has 2 atom stereocenters. The highest BCUT2D eigenvalue weighted by molar-refractivity contribution is 7.15. The van der Waals surface area contributed by atoms with Crippen LogP contribution in [0, 0.1) is 6.92 Å². The Kier molecular flexibility index (Phi) is 3.32. The molecule has 4 rings (SSSR count). The summed E-state index contributed by atoms with van der Waals surface area (Å²) in [5.41, 5.74) is 1.91. The number of aryl methyl sites for hydroxylation is 1. The summed E-state index contributed by atoms with van der Waals surface area (Å²) in [5, 5.41) is 5.68. The number of hydrogen-bond donors (Lipinski definition) is 1. The van der Waals surface area contributed by atoms with Gasteiger partial charge in [-0.3, -0.25) is 14.1 Å². The first kappa shape index (κ1) is 13.4. The number of nitrogens with zero attached hydrogens (tertiary/aromatic N) is 3. The van der Waals surface area contributed by atoms with Crippen LogP contribution in [0.1, 0.15) is 30.7 Å². The number of thiazole rings is 1.